The Morgan fingerprint density at radius 3 is 2.88 bits per heavy atom. The smallest absolute Gasteiger partial charge is 0.155 e. The number of pyridine rings is 1. The standard InChI is InChI=1S/C11H14ClN5/c1-8(2)14-5-10-9(12)3-4-11(16-10)17-7-13-6-15-17/h3-4,6-8,14H,5H2,1-2H3. The maximum atomic E-state index is 6.09. The van der Waals surface area contributed by atoms with Crippen LogP contribution in [0, 0.1) is 0 Å². The molecular weight excluding hydrogens is 238 g/mol. The van der Waals surface area contributed by atoms with E-state index < -0.39 is 0 Å². The van der Waals surface area contributed by atoms with Crippen LogP contribution < -0.4 is 5.32 Å². The molecule has 17 heavy (non-hydrogen) atoms. The highest BCUT2D eigenvalue weighted by Crippen LogP contribution is 2.15. The van der Waals surface area contributed by atoms with Gasteiger partial charge in [-0.3, -0.25) is 0 Å². The highest BCUT2D eigenvalue weighted by molar-refractivity contribution is 6.31. The first-order chi connectivity index (χ1) is 8.16. The third kappa shape index (κ3) is 3.01. The molecule has 0 unspecified atom stereocenters. The Morgan fingerprint density at radius 1 is 1.41 bits per heavy atom. The quantitative estimate of drug-likeness (QED) is 0.901. The van der Waals surface area contributed by atoms with Gasteiger partial charge in [0.25, 0.3) is 0 Å². The first-order valence-corrected chi connectivity index (χ1v) is 5.78. The maximum Gasteiger partial charge on any atom is 0.155 e. The Morgan fingerprint density at radius 2 is 2.24 bits per heavy atom. The van der Waals surface area contributed by atoms with Crippen molar-refractivity contribution >= 4 is 11.6 Å². The number of rotatable bonds is 4. The second kappa shape index (κ2) is 5.25. The average Bonchev–Trinajstić information content (AvgIpc) is 2.81. The summed E-state index contributed by atoms with van der Waals surface area (Å²) in [7, 11) is 0. The van der Waals surface area contributed by atoms with Crippen LogP contribution in [0.2, 0.25) is 5.02 Å². The van der Waals surface area contributed by atoms with Gasteiger partial charge in [0.1, 0.15) is 12.7 Å². The van der Waals surface area contributed by atoms with Gasteiger partial charge >= 0.3 is 0 Å². The molecule has 0 atom stereocenters. The molecule has 0 amide bonds. The van der Waals surface area contributed by atoms with Crippen LogP contribution in [0.25, 0.3) is 5.82 Å². The van der Waals surface area contributed by atoms with Gasteiger partial charge in [-0.25, -0.2) is 14.6 Å². The number of hydrogen-bond acceptors (Lipinski definition) is 4. The minimum Gasteiger partial charge on any atom is -0.309 e. The molecule has 0 aromatic carbocycles. The van der Waals surface area contributed by atoms with Crippen molar-refractivity contribution in [2.45, 2.75) is 26.4 Å². The molecule has 2 aromatic heterocycles. The summed E-state index contributed by atoms with van der Waals surface area (Å²) >= 11 is 6.09. The maximum absolute atomic E-state index is 6.09. The van der Waals surface area contributed by atoms with Crippen molar-refractivity contribution in [1.29, 1.82) is 0 Å². The Balaban J connectivity index is 2.23. The lowest BCUT2D eigenvalue weighted by atomic mass is 10.3. The highest BCUT2D eigenvalue weighted by atomic mass is 35.5. The lowest BCUT2D eigenvalue weighted by molar-refractivity contribution is 0.580. The Kier molecular flexibility index (Phi) is 3.71. The van der Waals surface area contributed by atoms with Crippen LogP contribution in [-0.4, -0.2) is 25.8 Å². The second-order valence-electron chi connectivity index (χ2n) is 3.97. The first kappa shape index (κ1) is 12.0. The molecule has 0 aliphatic heterocycles. The van der Waals surface area contributed by atoms with E-state index in [9.17, 15) is 0 Å². The van der Waals surface area contributed by atoms with Crippen molar-refractivity contribution < 1.29 is 0 Å². The molecule has 5 nitrogen and oxygen atoms in total. The Labute approximate surface area is 105 Å². The SMILES string of the molecule is CC(C)NCc1nc(-n2cncn2)ccc1Cl. The van der Waals surface area contributed by atoms with E-state index >= 15 is 0 Å². The summed E-state index contributed by atoms with van der Waals surface area (Å²) in [5.74, 6) is 0.715. The summed E-state index contributed by atoms with van der Waals surface area (Å²) in [5.41, 5.74) is 0.813. The lowest BCUT2D eigenvalue weighted by Gasteiger charge is -2.10. The predicted octanol–water partition coefficient (Wildman–Crippen LogP) is 1.81. The van der Waals surface area contributed by atoms with E-state index in [2.05, 4.69) is 34.2 Å². The summed E-state index contributed by atoms with van der Waals surface area (Å²) in [5, 5.41) is 7.97. The van der Waals surface area contributed by atoms with Crippen LogP contribution in [-0.2, 0) is 6.54 Å². The van der Waals surface area contributed by atoms with Crippen molar-refractivity contribution in [3.05, 3.63) is 35.5 Å². The fraction of sp³-hybridized carbons (Fsp3) is 0.364. The molecule has 0 saturated heterocycles. The number of halogens is 1. The summed E-state index contributed by atoms with van der Waals surface area (Å²) in [6.45, 7) is 4.80. The van der Waals surface area contributed by atoms with Crippen molar-refractivity contribution in [3.8, 4) is 5.82 Å². The average molecular weight is 252 g/mol. The summed E-state index contributed by atoms with van der Waals surface area (Å²) in [6.07, 6.45) is 3.08. The molecule has 1 N–H and O–H groups in total. The van der Waals surface area contributed by atoms with Crippen LogP contribution in [0.5, 0.6) is 0 Å². The molecular formula is C11H14ClN5. The topological polar surface area (TPSA) is 55.6 Å². The van der Waals surface area contributed by atoms with Crippen molar-refractivity contribution in [2.75, 3.05) is 0 Å². The van der Waals surface area contributed by atoms with Crippen LogP contribution in [0.3, 0.4) is 0 Å². The van der Waals surface area contributed by atoms with E-state index in [0.29, 0.717) is 23.4 Å². The van der Waals surface area contributed by atoms with Crippen LogP contribution in [0.1, 0.15) is 19.5 Å². The zero-order valence-electron chi connectivity index (χ0n) is 9.76. The van der Waals surface area contributed by atoms with E-state index in [1.807, 2.05) is 12.1 Å². The molecule has 0 aliphatic carbocycles. The number of aromatic nitrogens is 4. The van der Waals surface area contributed by atoms with Crippen LogP contribution in [0.15, 0.2) is 24.8 Å². The van der Waals surface area contributed by atoms with E-state index in [-0.39, 0.29) is 0 Å². The molecule has 2 heterocycles. The van der Waals surface area contributed by atoms with Gasteiger partial charge < -0.3 is 5.32 Å². The fourth-order valence-electron chi connectivity index (χ4n) is 1.35. The number of hydrogen-bond donors (Lipinski definition) is 1. The minimum atomic E-state index is 0.392. The number of nitrogens with zero attached hydrogens (tertiary/aromatic N) is 4. The zero-order valence-corrected chi connectivity index (χ0v) is 10.5. The van der Waals surface area contributed by atoms with E-state index in [1.54, 1.807) is 11.0 Å². The van der Waals surface area contributed by atoms with Crippen molar-refractivity contribution in [2.24, 2.45) is 0 Å². The van der Waals surface area contributed by atoms with Gasteiger partial charge in [-0.1, -0.05) is 25.4 Å². The molecule has 0 radical (unpaired) electrons. The number of nitrogens with one attached hydrogen (secondary N) is 1. The summed E-state index contributed by atoms with van der Waals surface area (Å²) in [4.78, 5) is 8.34. The lowest BCUT2D eigenvalue weighted by Crippen LogP contribution is -2.22. The molecule has 2 rings (SSSR count). The van der Waals surface area contributed by atoms with Crippen LogP contribution >= 0.6 is 11.6 Å². The van der Waals surface area contributed by atoms with Gasteiger partial charge in [0, 0.05) is 12.6 Å². The van der Waals surface area contributed by atoms with E-state index in [4.69, 9.17) is 11.6 Å². The van der Waals surface area contributed by atoms with Crippen molar-refractivity contribution in [3.63, 3.8) is 0 Å². The molecule has 0 bridgehead atoms. The minimum absolute atomic E-state index is 0.392. The normalized spacial score (nSPS) is 11.1. The molecule has 0 spiro atoms. The largest absolute Gasteiger partial charge is 0.309 e. The van der Waals surface area contributed by atoms with Crippen molar-refractivity contribution in [1.82, 2.24) is 25.1 Å². The van der Waals surface area contributed by atoms with Gasteiger partial charge in [0.05, 0.1) is 10.7 Å². The van der Waals surface area contributed by atoms with Gasteiger partial charge in [0.15, 0.2) is 5.82 Å². The zero-order chi connectivity index (χ0) is 12.3. The van der Waals surface area contributed by atoms with Gasteiger partial charge in [-0.2, -0.15) is 5.10 Å². The Bertz CT molecular complexity index is 481. The summed E-state index contributed by atoms with van der Waals surface area (Å²) in [6, 6.07) is 4.03. The molecule has 2 aromatic rings. The molecule has 0 saturated carbocycles. The monoisotopic (exact) mass is 251 g/mol. The third-order valence-corrected chi connectivity index (χ3v) is 2.58. The third-order valence-electron chi connectivity index (χ3n) is 2.24. The van der Waals surface area contributed by atoms with Gasteiger partial charge in [-0.15, -0.1) is 0 Å². The van der Waals surface area contributed by atoms with E-state index in [0.717, 1.165) is 5.69 Å². The van der Waals surface area contributed by atoms with E-state index in [1.165, 1.54) is 6.33 Å². The molecule has 0 aliphatic rings. The molecule has 90 valence electrons. The van der Waals surface area contributed by atoms with Crippen LogP contribution in [0.4, 0.5) is 0 Å². The molecule has 0 fully saturated rings. The highest BCUT2D eigenvalue weighted by Gasteiger charge is 2.06. The molecule has 6 heteroatoms. The predicted molar refractivity (Wildman–Crippen MR) is 66.1 cm³/mol. The summed E-state index contributed by atoms with van der Waals surface area (Å²) < 4.78 is 1.61. The van der Waals surface area contributed by atoms with Gasteiger partial charge in [-0.05, 0) is 12.1 Å². The fourth-order valence-corrected chi connectivity index (χ4v) is 1.52. The van der Waals surface area contributed by atoms with Gasteiger partial charge in [0.2, 0.25) is 0 Å². The second-order valence-corrected chi connectivity index (χ2v) is 4.38. The first-order valence-electron chi connectivity index (χ1n) is 5.40. The Hall–Kier alpha value is -1.46.